The summed E-state index contributed by atoms with van der Waals surface area (Å²) in [5.74, 6) is 0. The van der Waals surface area contributed by atoms with Crippen LogP contribution in [0.1, 0.15) is 22.3 Å². The second-order valence-electron chi connectivity index (χ2n) is 4.96. The summed E-state index contributed by atoms with van der Waals surface area (Å²) in [6.45, 7) is 0. The summed E-state index contributed by atoms with van der Waals surface area (Å²) in [7, 11) is 0. The Morgan fingerprint density at radius 1 is 1.05 bits per heavy atom. The van der Waals surface area contributed by atoms with Crippen molar-refractivity contribution in [1.82, 2.24) is 0 Å². The standard InChI is InChI=1S/C15H9Cl2F3O/c16-9-6-12-10(13(17)7-9)5-8-3-1-2-4-11(8)14(12,21)15(18,19)20/h1-4,6-7,21H,5H2. The second kappa shape index (κ2) is 4.63. The van der Waals surface area contributed by atoms with Crippen molar-refractivity contribution in [1.29, 1.82) is 0 Å². The molecule has 0 aromatic heterocycles. The first-order chi connectivity index (χ1) is 9.75. The lowest BCUT2D eigenvalue weighted by Crippen LogP contribution is -2.46. The fraction of sp³-hybridized carbons (Fsp3) is 0.200. The number of benzene rings is 2. The van der Waals surface area contributed by atoms with Gasteiger partial charge in [0.25, 0.3) is 0 Å². The summed E-state index contributed by atoms with van der Waals surface area (Å²) < 4.78 is 40.8. The maximum absolute atomic E-state index is 13.6. The normalized spacial score (nSPS) is 20.9. The zero-order valence-electron chi connectivity index (χ0n) is 10.5. The van der Waals surface area contributed by atoms with E-state index in [4.69, 9.17) is 23.2 Å². The monoisotopic (exact) mass is 332 g/mol. The van der Waals surface area contributed by atoms with Crippen LogP contribution in [0.15, 0.2) is 36.4 Å². The van der Waals surface area contributed by atoms with Crippen molar-refractivity contribution < 1.29 is 18.3 Å². The highest BCUT2D eigenvalue weighted by Gasteiger charge is 2.59. The summed E-state index contributed by atoms with van der Waals surface area (Å²) in [5, 5.41) is 10.7. The molecule has 1 nitrogen and oxygen atoms in total. The minimum atomic E-state index is -4.88. The Morgan fingerprint density at radius 2 is 1.71 bits per heavy atom. The van der Waals surface area contributed by atoms with Crippen LogP contribution in [0, 0.1) is 0 Å². The van der Waals surface area contributed by atoms with Crippen molar-refractivity contribution in [2.75, 3.05) is 0 Å². The summed E-state index contributed by atoms with van der Waals surface area (Å²) in [6.07, 6.45) is -4.66. The molecular formula is C15H9Cl2F3O. The van der Waals surface area contributed by atoms with E-state index in [1.807, 2.05) is 0 Å². The van der Waals surface area contributed by atoms with Crippen molar-refractivity contribution in [3.05, 3.63) is 68.7 Å². The van der Waals surface area contributed by atoms with Gasteiger partial charge in [0.1, 0.15) is 0 Å². The van der Waals surface area contributed by atoms with Crippen molar-refractivity contribution in [2.45, 2.75) is 18.2 Å². The third kappa shape index (κ3) is 2.05. The number of aliphatic hydroxyl groups is 1. The van der Waals surface area contributed by atoms with E-state index in [9.17, 15) is 18.3 Å². The first kappa shape index (κ1) is 14.7. The van der Waals surface area contributed by atoms with E-state index < -0.39 is 11.8 Å². The lowest BCUT2D eigenvalue weighted by molar-refractivity contribution is -0.249. The van der Waals surface area contributed by atoms with E-state index in [0.29, 0.717) is 5.56 Å². The molecule has 0 fully saturated rings. The predicted octanol–water partition coefficient (Wildman–Crippen LogP) is 4.70. The van der Waals surface area contributed by atoms with E-state index in [0.717, 1.165) is 6.07 Å². The minimum absolute atomic E-state index is 0.0563. The van der Waals surface area contributed by atoms with Gasteiger partial charge in [-0.25, -0.2) is 0 Å². The summed E-state index contributed by atoms with van der Waals surface area (Å²) >= 11 is 11.9. The maximum Gasteiger partial charge on any atom is 0.425 e. The molecule has 0 amide bonds. The zero-order valence-corrected chi connectivity index (χ0v) is 12.0. The molecule has 1 aliphatic carbocycles. The number of hydrogen-bond donors (Lipinski definition) is 1. The number of rotatable bonds is 0. The molecule has 0 saturated carbocycles. The van der Waals surface area contributed by atoms with E-state index in [1.165, 1.54) is 18.2 Å². The molecule has 0 saturated heterocycles. The van der Waals surface area contributed by atoms with Gasteiger partial charge < -0.3 is 5.11 Å². The van der Waals surface area contributed by atoms with Crippen molar-refractivity contribution >= 4 is 23.2 Å². The van der Waals surface area contributed by atoms with E-state index >= 15 is 0 Å². The van der Waals surface area contributed by atoms with Gasteiger partial charge in [0.2, 0.25) is 5.60 Å². The molecule has 3 rings (SSSR count). The van der Waals surface area contributed by atoms with Gasteiger partial charge in [-0.3, -0.25) is 0 Å². The molecule has 1 aliphatic rings. The molecule has 1 atom stereocenters. The van der Waals surface area contributed by atoms with Crippen LogP contribution < -0.4 is 0 Å². The Hall–Kier alpha value is -1.23. The highest BCUT2D eigenvalue weighted by Crippen LogP contribution is 2.51. The molecule has 2 aromatic carbocycles. The highest BCUT2D eigenvalue weighted by atomic mass is 35.5. The van der Waals surface area contributed by atoms with Crippen LogP contribution in [0.5, 0.6) is 0 Å². The van der Waals surface area contributed by atoms with E-state index in [2.05, 4.69) is 0 Å². The van der Waals surface area contributed by atoms with Gasteiger partial charge in [0.15, 0.2) is 0 Å². The van der Waals surface area contributed by atoms with Crippen molar-refractivity contribution in [2.24, 2.45) is 0 Å². The lowest BCUT2D eigenvalue weighted by Gasteiger charge is -2.38. The molecule has 1 unspecified atom stereocenters. The SMILES string of the molecule is OC1(C(F)(F)F)c2ccccc2Cc2c(Cl)cc(Cl)cc21. The molecule has 0 heterocycles. The number of alkyl halides is 3. The number of fused-ring (bicyclic) bond motifs is 2. The fourth-order valence-corrected chi connectivity index (χ4v) is 3.33. The van der Waals surface area contributed by atoms with Crippen molar-refractivity contribution in [3.8, 4) is 0 Å². The van der Waals surface area contributed by atoms with Gasteiger partial charge in [0.05, 0.1) is 0 Å². The minimum Gasteiger partial charge on any atom is -0.372 e. The molecule has 21 heavy (non-hydrogen) atoms. The average molecular weight is 333 g/mol. The first-order valence-corrected chi connectivity index (χ1v) is 6.86. The van der Waals surface area contributed by atoms with Crippen LogP contribution in [-0.4, -0.2) is 11.3 Å². The number of hydrogen-bond acceptors (Lipinski definition) is 1. The third-order valence-corrected chi connectivity index (χ3v) is 4.29. The highest BCUT2D eigenvalue weighted by molar-refractivity contribution is 6.35. The molecule has 0 radical (unpaired) electrons. The largest absolute Gasteiger partial charge is 0.425 e. The van der Waals surface area contributed by atoms with Crippen LogP contribution in [0.4, 0.5) is 13.2 Å². The second-order valence-corrected chi connectivity index (χ2v) is 5.80. The maximum atomic E-state index is 13.6. The van der Waals surface area contributed by atoms with Crippen LogP contribution in [0.3, 0.4) is 0 Å². The van der Waals surface area contributed by atoms with Crippen molar-refractivity contribution in [3.63, 3.8) is 0 Å². The Balaban J connectivity index is 2.40. The van der Waals surface area contributed by atoms with E-state index in [1.54, 1.807) is 12.1 Å². The first-order valence-electron chi connectivity index (χ1n) is 6.11. The lowest BCUT2D eigenvalue weighted by atomic mass is 9.74. The molecule has 2 aromatic rings. The molecule has 1 N–H and O–H groups in total. The van der Waals surface area contributed by atoms with Gasteiger partial charge in [-0.15, -0.1) is 0 Å². The quantitative estimate of drug-likeness (QED) is 0.741. The smallest absolute Gasteiger partial charge is 0.372 e. The average Bonchev–Trinajstić information content (AvgIpc) is 2.39. The Bertz CT molecular complexity index is 727. The molecule has 6 heteroatoms. The van der Waals surface area contributed by atoms with Gasteiger partial charge in [-0.2, -0.15) is 13.2 Å². The summed E-state index contributed by atoms with van der Waals surface area (Å²) in [6, 6.07) is 8.44. The zero-order chi connectivity index (χ0) is 15.4. The fourth-order valence-electron chi connectivity index (χ4n) is 2.77. The Morgan fingerprint density at radius 3 is 2.38 bits per heavy atom. The molecular weight excluding hydrogens is 324 g/mol. The van der Waals surface area contributed by atoms with Crippen LogP contribution in [-0.2, 0) is 12.0 Å². The van der Waals surface area contributed by atoms with Gasteiger partial charge in [0, 0.05) is 21.2 Å². The Labute approximate surface area is 128 Å². The predicted molar refractivity (Wildman–Crippen MR) is 74.8 cm³/mol. The summed E-state index contributed by atoms with van der Waals surface area (Å²) in [5.41, 5.74) is -2.94. The van der Waals surface area contributed by atoms with Crippen LogP contribution >= 0.6 is 23.2 Å². The number of halogens is 5. The topological polar surface area (TPSA) is 20.2 Å². The molecule has 0 aliphatic heterocycles. The Kier molecular flexibility index (Phi) is 3.24. The summed E-state index contributed by atoms with van der Waals surface area (Å²) in [4.78, 5) is 0. The van der Waals surface area contributed by atoms with Crippen LogP contribution in [0.25, 0.3) is 0 Å². The third-order valence-electron chi connectivity index (χ3n) is 3.73. The van der Waals surface area contributed by atoms with Crippen LogP contribution in [0.2, 0.25) is 10.0 Å². The van der Waals surface area contributed by atoms with Gasteiger partial charge in [-0.05, 0) is 29.7 Å². The molecule has 110 valence electrons. The van der Waals surface area contributed by atoms with E-state index in [-0.39, 0.29) is 33.2 Å². The van der Waals surface area contributed by atoms with Gasteiger partial charge >= 0.3 is 6.18 Å². The van der Waals surface area contributed by atoms with Gasteiger partial charge in [-0.1, -0.05) is 47.5 Å². The molecule has 0 bridgehead atoms. The molecule has 0 spiro atoms.